The summed E-state index contributed by atoms with van der Waals surface area (Å²) in [6, 6.07) is 13.6. The van der Waals surface area contributed by atoms with Gasteiger partial charge in [0.15, 0.2) is 0 Å². The van der Waals surface area contributed by atoms with E-state index < -0.39 is 10.0 Å². The number of rotatable bonds is 4. The molecule has 33 heavy (non-hydrogen) atoms. The molecule has 0 unspecified atom stereocenters. The van der Waals surface area contributed by atoms with Crippen LogP contribution in [0.4, 0.5) is 11.4 Å². The Morgan fingerprint density at radius 2 is 1.85 bits per heavy atom. The predicted molar refractivity (Wildman–Crippen MR) is 138 cm³/mol. The minimum absolute atomic E-state index is 0.279. The first-order valence-corrected chi connectivity index (χ1v) is 13.5. The van der Waals surface area contributed by atoms with Crippen molar-refractivity contribution < 1.29 is 8.42 Å². The van der Waals surface area contributed by atoms with Crippen LogP contribution in [0.2, 0.25) is 5.02 Å². The minimum Gasteiger partial charge on any atom is -0.368 e. The van der Waals surface area contributed by atoms with Crippen LogP contribution in [0, 0.1) is 6.92 Å². The van der Waals surface area contributed by atoms with E-state index in [0.717, 1.165) is 39.3 Å². The van der Waals surface area contributed by atoms with Gasteiger partial charge < -0.3 is 10.2 Å². The van der Waals surface area contributed by atoms with Crippen molar-refractivity contribution >= 4 is 65.3 Å². The molecule has 1 aliphatic rings. The Bertz CT molecular complexity index is 1460. The minimum atomic E-state index is -3.81. The van der Waals surface area contributed by atoms with E-state index in [1.807, 2.05) is 37.4 Å². The number of thiophene rings is 1. The SMILES string of the molecule is Cc1sc2ccc(Cl)cc2c1S(=O)(=O)Nc1ccc2nccc(N3C[C@@H](C)N[C@@H](C)C3)c2c1. The van der Waals surface area contributed by atoms with Crippen LogP contribution in [-0.4, -0.2) is 38.6 Å². The van der Waals surface area contributed by atoms with E-state index >= 15 is 0 Å². The van der Waals surface area contributed by atoms with Gasteiger partial charge in [-0.25, -0.2) is 8.42 Å². The second-order valence-electron chi connectivity index (χ2n) is 8.67. The van der Waals surface area contributed by atoms with E-state index in [1.165, 1.54) is 11.3 Å². The van der Waals surface area contributed by atoms with Crippen molar-refractivity contribution in [2.45, 2.75) is 37.8 Å². The topological polar surface area (TPSA) is 74.3 Å². The monoisotopic (exact) mass is 500 g/mol. The first-order valence-electron chi connectivity index (χ1n) is 10.8. The smallest absolute Gasteiger partial charge is 0.263 e. The van der Waals surface area contributed by atoms with Gasteiger partial charge in [-0.15, -0.1) is 11.3 Å². The quantitative estimate of drug-likeness (QED) is 0.392. The lowest BCUT2D eigenvalue weighted by Gasteiger charge is -2.38. The molecule has 0 bridgehead atoms. The molecule has 2 aromatic carbocycles. The molecule has 6 nitrogen and oxygen atoms in total. The number of hydrogen-bond donors (Lipinski definition) is 2. The number of aryl methyl sites for hydroxylation is 1. The average Bonchev–Trinajstić information content (AvgIpc) is 3.08. The molecule has 3 heterocycles. The molecular formula is C24H25ClN4O2S2. The summed E-state index contributed by atoms with van der Waals surface area (Å²) in [6.45, 7) is 7.92. The van der Waals surface area contributed by atoms with Crippen molar-refractivity contribution in [2.75, 3.05) is 22.7 Å². The van der Waals surface area contributed by atoms with Gasteiger partial charge in [-0.2, -0.15) is 0 Å². The first kappa shape index (κ1) is 22.4. The second kappa shape index (κ2) is 8.43. The van der Waals surface area contributed by atoms with Gasteiger partial charge in [0.2, 0.25) is 0 Å². The molecule has 2 N–H and O–H groups in total. The third-order valence-corrected chi connectivity index (χ3v) is 8.93. The van der Waals surface area contributed by atoms with Gasteiger partial charge in [0.05, 0.1) is 5.52 Å². The van der Waals surface area contributed by atoms with Crippen LogP contribution < -0.4 is 14.9 Å². The Balaban J connectivity index is 1.55. The van der Waals surface area contributed by atoms with Crippen LogP contribution in [0.1, 0.15) is 18.7 Å². The summed E-state index contributed by atoms with van der Waals surface area (Å²) in [6.07, 6.45) is 1.81. The number of nitrogens with one attached hydrogen (secondary N) is 2. The fourth-order valence-corrected chi connectivity index (χ4v) is 7.71. The summed E-state index contributed by atoms with van der Waals surface area (Å²) in [5, 5.41) is 5.63. The van der Waals surface area contributed by atoms with Crippen molar-refractivity contribution in [1.82, 2.24) is 10.3 Å². The molecule has 1 aliphatic heterocycles. The Morgan fingerprint density at radius 3 is 2.61 bits per heavy atom. The number of benzene rings is 2. The van der Waals surface area contributed by atoms with E-state index in [-0.39, 0.29) is 4.90 Å². The van der Waals surface area contributed by atoms with Gasteiger partial charge in [-0.3, -0.25) is 9.71 Å². The van der Waals surface area contributed by atoms with Gasteiger partial charge in [0.1, 0.15) is 4.90 Å². The van der Waals surface area contributed by atoms with Crippen LogP contribution in [0.5, 0.6) is 0 Å². The third-order valence-electron chi connectivity index (χ3n) is 5.91. The number of piperazine rings is 1. The van der Waals surface area contributed by atoms with Crippen LogP contribution in [0.15, 0.2) is 53.6 Å². The molecule has 9 heteroatoms. The fraction of sp³-hybridized carbons (Fsp3) is 0.292. The molecule has 0 amide bonds. The molecule has 0 radical (unpaired) electrons. The molecule has 2 aromatic heterocycles. The van der Waals surface area contributed by atoms with Crippen LogP contribution >= 0.6 is 22.9 Å². The van der Waals surface area contributed by atoms with Crippen molar-refractivity contribution in [3.63, 3.8) is 0 Å². The zero-order valence-corrected chi connectivity index (χ0v) is 21.0. The summed E-state index contributed by atoms with van der Waals surface area (Å²) in [5.41, 5.74) is 2.40. The van der Waals surface area contributed by atoms with Gasteiger partial charge in [-0.1, -0.05) is 11.6 Å². The van der Waals surface area contributed by atoms with Crippen molar-refractivity contribution in [3.05, 3.63) is 58.6 Å². The van der Waals surface area contributed by atoms with Gasteiger partial charge in [-0.05, 0) is 63.2 Å². The first-order chi connectivity index (χ1) is 15.7. The molecule has 0 saturated carbocycles. The van der Waals surface area contributed by atoms with E-state index in [4.69, 9.17) is 11.6 Å². The van der Waals surface area contributed by atoms with Gasteiger partial charge >= 0.3 is 0 Å². The number of nitrogens with zero attached hydrogens (tertiary/aromatic N) is 2. The second-order valence-corrected chi connectivity index (χ2v) is 12.0. The van der Waals surface area contributed by atoms with Crippen molar-refractivity contribution in [1.29, 1.82) is 0 Å². The fourth-order valence-electron chi connectivity index (χ4n) is 4.70. The van der Waals surface area contributed by atoms with Crippen LogP contribution in [0.25, 0.3) is 21.0 Å². The summed E-state index contributed by atoms with van der Waals surface area (Å²) < 4.78 is 30.6. The van der Waals surface area contributed by atoms with E-state index in [9.17, 15) is 8.42 Å². The third kappa shape index (κ3) is 4.28. The van der Waals surface area contributed by atoms with Crippen molar-refractivity contribution in [3.8, 4) is 0 Å². The van der Waals surface area contributed by atoms with E-state index in [0.29, 0.717) is 28.2 Å². The summed E-state index contributed by atoms with van der Waals surface area (Å²) in [5.74, 6) is 0. The highest BCUT2D eigenvalue weighted by Crippen LogP contribution is 2.37. The Labute approximate surface area is 202 Å². The number of sulfonamides is 1. The highest BCUT2D eigenvalue weighted by Gasteiger charge is 2.25. The van der Waals surface area contributed by atoms with Crippen molar-refractivity contribution in [2.24, 2.45) is 0 Å². The maximum atomic E-state index is 13.4. The molecule has 5 rings (SSSR count). The van der Waals surface area contributed by atoms with Gasteiger partial charge in [0, 0.05) is 68.1 Å². The van der Waals surface area contributed by atoms with E-state index in [2.05, 4.69) is 33.8 Å². The average molecular weight is 501 g/mol. The summed E-state index contributed by atoms with van der Waals surface area (Å²) in [7, 11) is -3.81. The van der Waals surface area contributed by atoms with E-state index in [1.54, 1.807) is 18.2 Å². The molecule has 0 spiro atoms. The number of pyridine rings is 1. The zero-order chi connectivity index (χ0) is 23.3. The Kier molecular flexibility index (Phi) is 5.73. The summed E-state index contributed by atoms with van der Waals surface area (Å²) in [4.78, 5) is 7.84. The molecule has 2 atom stereocenters. The largest absolute Gasteiger partial charge is 0.368 e. The predicted octanol–water partition coefficient (Wildman–Crippen LogP) is 5.40. The number of aromatic nitrogens is 1. The molecule has 1 fully saturated rings. The van der Waals surface area contributed by atoms with Crippen LogP contribution in [0.3, 0.4) is 0 Å². The highest BCUT2D eigenvalue weighted by atomic mass is 35.5. The number of anilines is 2. The number of halogens is 1. The molecule has 4 aromatic rings. The standard InChI is InChI=1S/C24H25ClN4O2S2/c1-14-12-29(13-15(2)27-14)22-8-9-26-21-6-5-18(11-19(21)22)28-33(30,31)24-16(3)32-23-7-4-17(25)10-20(23)24/h4-11,14-15,27-28H,12-13H2,1-3H3/t14-,15+. The molecule has 172 valence electrons. The van der Waals surface area contributed by atoms with Gasteiger partial charge in [0.25, 0.3) is 10.0 Å². The number of hydrogen-bond acceptors (Lipinski definition) is 6. The molecular weight excluding hydrogens is 476 g/mol. The molecule has 0 aliphatic carbocycles. The Hall–Kier alpha value is -2.39. The lowest BCUT2D eigenvalue weighted by Crippen LogP contribution is -2.54. The lowest BCUT2D eigenvalue weighted by molar-refractivity contribution is 0.407. The normalized spacial score (nSPS) is 19.3. The highest BCUT2D eigenvalue weighted by molar-refractivity contribution is 7.93. The molecule has 1 saturated heterocycles. The zero-order valence-electron chi connectivity index (χ0n) is 18.6. The summed E-state index contributed by atoms with van der Waals surface area (Å²) >= 11 is 7.61. The maximum Gasteiger partial charge on any atom is 0.263 e. The lowest BCUT2D eigenvalue weighted by atomic mass is 10.1. The Morgan fingerprint density at radius 1 is 1.09 bits per heavy atom. The van der Waals surface area contributed by atoms with Crippen LogP contribution in [-0.2, 0) is 10.0 Å². The number of fused-ring (bicyclic) bond motifs is 2. The maximum absolute atomic E-state index is 13.4.